The molecule has 2 fully saturated rings. The van der Waals surface area contributed by atoms with Crippen molar-refractivity contribution in [3.05, 3.63) is 18.0 Å². The molecule has 14 heavy (non-hydrogen) atoms. The summed E-state index contributed by atoms with van der Waals surface area (Å²) in [4.78, 5) is 0. The number of hydrogen-bond acceptors (Lipinski definition) is 2. The highest BCUT2D eigenvalue weighted by Crippen LogP contribution is 2.44. The van der Waals surface area contributed by atoms with Crippen LogP contribution in [0.3, 0.4) is 0 Å². The molecule has 0 amide bonds. The summed E-state index contributed by atoms with van der Waals surface area (Å²) in [5.74, 6) is 0. The first-order valence-electron chi connectivity index (χ1n) is 5.42. The van der Waals surface area contributed by atoms with E-state index in [0.717, 1.165) is 6.61 Å². The van der Waals surface area contributed by atoms with E-state index in [1.54, 1.807) is 0 Å². The van der Waals surface area contributed by atoms with Crippen LogP contribution < -0.4 is 0 Å². The van der Waals surface area contributed by atoms with Crippen LogP contribution in [0.5, 0.6) is 0 Å². The van der Waals surface area contributed by atoms with Crippen LogP contribution in [-0.4, -0.2) is 22.0 Å². The second kappa shape index (κ2) is 2.83. The molecule has 0 atom stereocenters. The van der Waals surface area contributed by atoms with Gasteiger partial charge in [0, 0.05) is 6.20 Å². The molecule has 2 aliphatic rings. The average Bonchev–Trinajstić information content (AvgIpc) is 2.80. The Bertz CT molecular complexity index is 331. The monoisotopic (exact) mass is 192 g/mol. The lowest BCUT2D eigenvalue weighted by Crippen LogP contribution is -2.23. The maximum absolute atomic E-state index is 5.50. The number of epoxide rings is 1. The molecule has 3 heteroatoms. The molecule has 1 aliphatic heterocycles. The molecule has 1 aliphatic carbocycles. The SMILES string of the molecule is Cc1cnn(C2CCC3(CC2)CO3)c1. The molecule has 1 saturated carbocycles. The number of nitrogens with zero attached hydrogens (tertiary/aromatic N) is 2. The number of rotatable bonds is 1. The highest BCUT2D eigenvalue weighted by molar-refractivity contribution is 5.02. The lowest BCUT2D eigenvalue weighted by Gasteiger charge is -2.26. The van der Waals surface area contributed by atoms with E-state index in [4.69, 9.17) is 4.74 Å². The Morgan fingerprint density at radius 2 is 2.21 bits per heavy atom. The van der Waals surface area contributed by atoms with Crippen LogP contribution in [0.2, 0.25) is 0 Å². The summed E-state index contributed by atoms with van der Waals surface area (Å²) >= 11 is 0. The summed E-state index contributed by atoms with van der Waals surface area (Å²) in [7, 11) is 0. The van der Waals surface area contributed by atoms with E-state index in [0.29, 0.717) is 11.6 Å². The quantitative estimate of drug-likeness (QED) is 0.638. The summed E-state index contributed by atoms with van der Waals surface area (Å²) in [6.45, 7) is 3.09. The maximum Gasteiger partial charge on any atom is 0.0918 e. The minimum atomic E-state index is 0.304. The van der Waals surface area contributed by atoms with Crippen molar-refractivity contribution in [3.63, 3.8) is 0 Å². The topological polar surface area (TPSA) is 30.4 Å². The van der Waals surface area contributed by atoms with Crippen molar-refractivity contribution in [2.45, 2.75) is 44.2 Å². The summed E-state index contributed by atoms with van der Waals surface area (Å²) < 4.78 is 7.63. The molecular weight excluding hydrogens is 176 g/mol. The van der Waals surface area contributed by atoms with Gasteiger partial charge >= 0.3 is 0 Å². The van der Waals surface area contributed by atoms with E-state index in [2.05, 4.69) is 22.9 Å². The molecule has 0 aromatic carbocycles. The predicted octanol–water partition coefficient (Wildman–Crippen LogP) is 2.08. The fraction of sp³-hybridized carbons (Fsp3) is 0.727. The van der Waals surface area contributed by atoms with Gasteiger partial charge in [-0.1, -0.05) is 0 Å². The van der Waals surface area contributed by atoms with Crippen molar-refractivity contribution in [2.24, 2.45) is 0 Å². The fourth-order valence-electron chi connectivity index (χ4n) is 2.42. The van der Waals surface area contributed by atoms with E-state index in [1.165, 1.54) is 31.2 Å². The zero-order chi connectivity index (χ0) is 9.60. The minimum absolute atomic E-state index is 0.304. The van der Waals surface area contributed by atoms with Crippen LogP contribution in [0.25, 0.3) is 0 Å². The van der Waals surface area contributed by atoms with Gasteiger partial charge in [0.05, 0.1) is 24.4 Å². The van der Waals surface area contributed by atoms with Gasteiger partial charge in [0.15, 0.2) is 0 Å². The summed E-state index contributed by atoms with van der Waals surface area (Å²) in [6.07, 6.45) is 8.98. The van der Waals surface area contributed by atoms with Gasteiger partial charge in [0.1, 0.15) is 0 Å². The normalized spacial score (nSPS) is 36.2. The summed E-state index contributed by atoms with van der Waals surface area (Å²) in [5.41, 5.74) is 1.56. The van der Waals surface area contributed by atoms with Crippen molar-refractivity contribution in [1.29, 1.82) is 0 Å². The molecule has 3 rings (SSSR count). The Morgan fingerprint density at radius 3 is 2.71 bits per heavy atom. The molecule has 1 spiro atoms. The number of aryl methyl sites for hydroxylation is 1. The number of aromatic nitrogens is 2. The van der Waals surface area contributed by atoms with E-state index < -0.39 is 0 Å². The third-order valence-electron chi connectivity index (χ3n) is 3.52. The van der Waals surface area contributed by atoms with Crippen molar-refractivity contribution in [3.8, 4) is 0 Å². The van der Waals surface area contributed by atoms with Gasteiger partial charge in [0.2, 0.25) is 0 Å². The Kier molecular flexibility index (Phi) is 1.71. The second-order valence-electron chi connectivity index (χ2n) is 4.70. The number of ether oxygens (including phenoxy) is 1. The molecule has 76 valence electrons. The van der Waals surface area contributed by atoms with Gasteiger partial charge < -0.3 is 4.74 Å². The van der Waals surface area contributed by atoms with E-state index in [-0.39, 0.29) is 0 Å². The second-order valence-corrected chi connectivity index (χ2v) is 4.70. The van der Waals surface area contributed by atoms with Crippen molar-refractivity contribution < 1.29 is 4.74 Å². The first-order chi connectivity index (χ1) is 6.77. The van der Waals surface area contributed by atoms with E-state index >= 15 is 0 Å². The van der Waals surface area contributed by atoms with Crippen LogP contribution in [0.1, 0.15) is 37.3 Å². The maximum atomic E-state index is 5.50. The Morgan fingerprint density at radius 1 is 1.50 bits per heavy atom. The molecule has 0 N–H and O–H groups in total. The molecule has 0 unspecified atom stereocenters. The average molecular weight is 192 g/mol. The predicted molar refractivity (Wildman–Crippen MR) is 53.2 cm³/mol. The van der Waals surface area contributed by atoms with Crippen LogP contribution in [0, 0.1) is 6.92 Å². The molecule has 1 aromatic rings. The minimum Gasteiger partial charge on any atom is -0.370 e. The van der Waals surface area contributed by atoms with Crippen LogP contribution in [0.4, 0.5) is 0 Å². The molecule has 1 aromatic heterocycles. The molecule has 1 saturated heterocycles. The Balaban J connectivity index is 1.70. The van der Waals surface area contributed by atoms with Crippen molar-refractivity contribution in [2.75, 3.05) is 6.61 Å². The Hall–Kier alpha value is -0.830. The third kappa shape index (κ3) is 1.36. The van der Waals surface area contributed by atoms with Gasteiger partial charge in [-0.2, -0.15) is 5.10 Å². The molecule has 0 radical (unpaired) electrons. The zero-order valence-corrected chi connectivity index (χ0v) is 8.57. The van der Waals surface area contributed by atoms with Gasteiger partial charge in [-0.05, 0) is 38.2 Å². The van der Waals surface area contributed by atoms with Crippen LogP contribution in [0.15, 0.2) is 12.4 Å². The first-order valence-corrected chi connectivity index (χ1v) is 5.42. The summed E-state index contributed by atoms with van der Waals surface area (Å²) in [6, 6.07) is 0.610. The molecular formula is C11H16N2O. The highest BCUT2D eigenvalue weighted by atomic mass is 16.6. The fourth-order valence-corrected chi connectivity index (χ4v) is 2.42. The molecule has 3 nitrogen and oxygen atoms in total. The van der Waals surface area contributed by atoms with Crippen molar-refractivity contribution >= 4 is 0 Å². The van der Waals surface area contributed by atoms with Gasteiger partial charge in [-0.25, -0.2) is 0 Å². The van der Waals surface area contributed by atoms with E-state index in [9.17, 15) is 0 Å². The van der Waals surface area contributed by atoms with Crippen LogP contribution in [-0.2, 0) is 4.74 Å². The lowest BCUT2D eigenvalue weighted by molar-refractivity contribution is 0.194. The standard InChI is InChI=1S/C11H16N2O/c1-9-6-12-13(7-9)10-2-4-11(5-3-10)8-14-11/h6-7,10H,2-5,8H2,1H3. The van der Waals surface area contributed by atoms with Gasteiger partial charge in [-0.3, -0.25) is 4.68 Å². The third-order valence-corrected chi connectivity index (χ3v) is 3.52. The lowest BCUT2D eigenvalue weighted by atomic mass is 9.86. The molecule has 2 heterocycles. The largest absolute Gasteiger partial charge is 0.370 e. The highest BCUT2D eigenvalue weighted by Gasteiger charge is 2.47. The number of hydrogen-bond donors (Lipinski definition) is 0. The smallest absolute Gasteiger partial charge is 0.0918 e. The zero-order valence-electron chi connectivity index (χ0n) is 8.57. The van der Waals surface area contributed by atoms with Gasteiger partial charge in [-0.15, -0.1) is 0 Å². The first kappa shape index (κ1) is 8.48. The van der Waals surface area contributed by atoms with Gasteiger partial charge in [0.25, 0.3) is 0 Å². The molecule has 0 bridgehead atoms. The summed E-state index contributed by atoms with van der Waals surface area (Å²) in [5, 5.41) is 4.38. The van der Waals surface area contributed by atoms with Crippen LogP contribution >= 0.6 is 0 Å². The Labute approximate surface area is 84.1 Å². The van der Waals surface area contributed by atoms with Crippen molar-refractivity contribution in [1.82, 2.24) is 9.78 Å². The van der Waals surface area contributed by atoms with E-state index in [1.807, 2.05) is 6.20 Å².